The lowest BCUT2D eigenvalue weighted by atomic mass is 9.95. The van der Waals surface area contributed by atoms with Crippen LogP contribution in [0.25, 0.3) is 0 Å². The molecule has 146 valence electrons. The second-order valence-electron chi connectivity index (χ2n) is 7.54. The van der Waals surface area contributed by atoms with Gasteiger partial charge in [0, 0.05) is 38.8 Å². The average Bonchev–Trinajstić information content (AvgIpc) is 3.11. The predicted octanol–water partition coefficient (Wildman–Crippen LogP) is 2.09. The zero-order valence-electron chi connectivity index (χ0n) is 15.9. The molecule has 2 saturated heterocycles. The van der Waals surface area contributed by atoms with Gasteiger partial charge in [-0.1, -0.05) is 20.8 Å². The van der Waals surface area contributed by atoms with Crippen LogP contribution >= 0.6 is 12.4 Å². The molecule has 2 unspecified atom stereocenters. The highest BCUT2D eigenvalue weighted by Gasteiger charge is 2.34. The minimum absolute atomic E-state index is 0. The van der Waals surface area contributed by atoms with Crippen LogP contribution in [0.3, 0.4) is 0 Å². The first-order valence-corrected chi connectivity index (χ1v) is 9.56. The average molecular weight is 375 g/mol. The fourth-order valence-corrected chi connectivity index (χ4v) is 3.62. The molecule has 2 fully saturated rings. The van der Waals surface area contributed by atoms with Crippen LogP contribution < -0.4 is 10.6 Å². The van der Waals surface area contributed by atoms with Gasteiger partial charge in [0.05, 0.1) is 5.92 Å². The Morgan fingerprint density at radius 2 is 2.08 bits per heavy atom. The van der Waals surface area contributed by atoms with E-state index in [9.17, 15) is 9.59 Å². The molecule has 2 heterocycles. The lowest BCUT2D eigenvalue weighted by Crippen LogP contribution is -2.52. The molecule has 7 heteroatoms. The summed E-state index contributed by atoms with van der Waals surface area (Å²) in [6.07, 6.45) is 3.83. The predicted molar refractivity (Wildman–Crippen MR) is 103 cm³/mol. The Bertz CT molecular complexity index is 427. The van der Waals surface area contributed by atoms with Gasteiger partial charge in [-0.05, 0) is 38.1 Å². The fraction of sp³-hybridized carbons (Fsp3) is 0.889. The molecule has 2 N–H and O–H groups in total. The Kier molecular flexibility index (Phi) is 9.57. The number of hydrogen-bond donors (Lipinski definition) is 2. The zero-order valence-corrected chi connectivity index (χ0v) is 16.7. The van der Waals surface area contributed by atoms with E-state index in [1.165, 1.54) is 0 Å². The summed E-state index contributed by atoms with van der Waals surface area (Å²) in [5, 5.41) is 6.33. The minimum atomic E-state index is -0.0456. The van der Waals surface area contributed by atoms with Crippen molar-refractivity contribution in [3.8, 4) is 0 Å². The summed E-state index contributed by atoms with van der Waals surface area (Å²) >= 11 is 0. The summed E-state index contributed by atoms with van der Waals surface area (Å²) in [5.41, 5.74) is 0. The highest BCUT2D eigenvalue weighted by Crippen LogP contribution is 2.22. The van der Waals surface area contributed by atoms with Gasteiger partial charge in [0.25, 0.3) is 0 Å². The maximum absolute atomic E-state index is 13.0. The van der Waals surface area contributed by atoms with Crippen molar-refractivity contribution < 1.29 is 9.59 Å². The second-order valence-corrected chi connectivity index (χ2v) is 7.54. The number of likely N-dealkylation sites (tertiary alicyclic amines) is 1. The summed E-state index contributed by atoms with van der Waals surface area (Å²) in [6.45, 7) is 11.0. The molecular formula is C18H35ClN4O2. The molecule has 0 aliphatic carbocycles. The number of hydrogen-bond acceptors (Lipinski definition) is 3. The largest absolute Gasteiger partial charge is 0.338 e. The maximum Gasteiger partial charge on any atom is 0.317 e. The molecule has 0 aromatic rings. The van der Waals surface area contributed by atoms with Crippen molar-refractivity contribution >= 4 is 24.3 Å². The van der Waals surface area contributed by atoms with Gasteiger partial charge >= 0.3 is 6.03 Å². The van der Waals surface area contributed by atoms with E-state index >= 15 is 0 Å². The van der Waals surface area contributed by atoms with Crippen LogP contribution in [0.5, 0.6) is 0 Å². The van der Waals surface area contributed by atoms with Crippen LogP contribution in [0.2, 0.25) is 0 Å². The number of halogens is 1. The minimum Gasteiger partial charge on any atom is -0.338 e. The summed E-state index contributed by atoms with van der Waals surface area (Å²) in [4.78, 5) is 29.2. The Balaban J connectivity index is 0.00000312. The third-order valence-corrected chi connectivity index (χ3v) is 4.94. The van der Waals surface area contributed by atoms with Crippen molar-refractivity contribution in [1.29, 1.82) is 0 Å². The molecule has 2 rings (SSSR count). The van der Waals surface area contributed by atoms with Crippen molar-refractivity contribution in [3.63, 3.8) is 0 Å². The van der Waals surface area contributed by atoms with Gasteiger partial charge in [-0.15, -0.1) is 12.4 Å². The topological polar surface area (TPSA) is 64.7 Å². The number of urea groups is 1. The Morgan fingerprint density at radius 3 is 2.68 bits per heavy atom. The number of amides is 3. The van der Waals surface area contributed by atoms with Crippen LogP contribution in [-0.4, -0.2) is 67.0 Å². The Morgan fingerprint density at radius 1 is 1.32 bits per heavy atom. The number of rotatable bonds is 6. The number of carbonyl (C=O) groups excluding carboxylic acids is 2. The number of piperidine rings is 1. The zero-order chi connectivity index (χ0) is 17.5. The van der Waals surface area contributed by atoms with E-state index in [0.717, 1.165) is 51.9 Å². The van der Waals surface area contributed by atoms with Gasteiger partial charge in [-0.3, -0.25) is 4.79 Å². The first kappa shape index (κ1) is 22.0. The van der Waals surface area contributed by atoms with Crippen LogP contribution in [0.15, 0.2) is 0 Å². The van der Waals surface area contributed by atoms with Gasteiger partial charge in [0.15, 0.2) is 0 Å². The monoisotopic (exact) mass is 374 g/mol. The molecule has 0 radical (unpaired) electrons. The number of carbonyl (C=O) groups is 2. The van der Waals surface area contributed by atoms with E-state index in [1.54, 1.807) is 0 Å². The van der Waals surface area contributed by atoms with Crippen molar-refractivity contribution in [2.24, 2.45) is 11.8 Å². The van der Waals surface area contributed by atoms with E-state index in [2.05, 4.69) is 36.3 Å². The number of nitrogens with one attached hydrogen (secondary N) is 2. The van der Waals surface area contributed by atoms with Gasteiger partial charge in [-0.2, -0.15) is 0 Å². The first-order valence-electron chi connectivity index (χ1n) is 9.56. The van der Waals surface area contributed by atoms with E-state index in [4.69, 9.17) is 0 Å². The van der Waals surface area contributed by atoms with Gasteiger partial charge in [-0.25, -0.2) is 4.79 Å². The van der Waals surface area contributed by atoms with Crippen molar-refractivity contribution in [2.75, 3.05) is 39.3 Å². The molecule has 2 aliphatic heterocycles. The van der Waals surface area contributed by atoms with Crippen LogP contribution in [0, 0.1) is 11.8 Å². The lowest BCUT2D eigenvalue weighted by Gasteiger charge is -2.37. The molecular weight excluding hydrogens is 340 g/mol. The van der Waals surface area contributed by atoms with Crippen LogP contribution in [0.4, 0.5) is 4.79 Å². The van der Waals surface area contributed by atoms with Crippen molar-refractivity contribution in [2.45, 2.75) is 52.5 Å². The first-order chi connectivity index (χ1) is 11.5. The molecule has 0 aromatic carbocycles. The maximum atomic E-state index is 13.0. The summed E-state index contributed by atoms with van der Waals surface area (Å²) < 4.78 is 0. The summed E-state index contributed by atoms with van der Waals surface area (Å²) in [5.74, 6) is 0.633. The third kappa shape index (κ3) is 6.33. The Hall–Kier alpha value is -1.01. The van der Waals surface area contributed by atoms with Gasteiger partial charge < -0.3 is 20.4 Å². The van der Waals surface area contributed by atoms with Crippen molar-refractivity contribution in [3.05, 3.63) is 0 Å². The smallest absolute Gasteiger partial charge is 0.317 e. The molecule has 0 aromatic heterocycles. The van der Waals surface area contributed by atoms with Crippen LogP contribution in [0.1, 0.15) is 46.5 Å². The molecule has 3 amide bonds. The van der Waals surface area contributed by atoms with Gasteiger partial charge in [0.1, 0.15) is 0 Å². The van der Waals surface area contributed by atoms with E-state index in [1.807, 2.05) is 4.90 Å². The summed E-state index contributed by atoms with van der Waals surface area (Å²) in [6, 6.07) is 0.299. The molecule has 6 nitrogen and oxygen atoms in total. The standard InChI is InChI=1S/C18H34N4O2.ClH/c1-4-9-22(16-7-8-19-12-16)17(23)15-6-5-10-21(13-15)18(24)20-11-14(2)3;/h14-16,19H,4-13H2,1-3H3,(H,20,24);1H. The number of nitrogens with zero attached hydrogens (tertiary/aromatic N) is 2. The molecule has 2 atom stereocenters. The lowest BCUT2D eigenvalue weighted by molar-refractivity contribution is -0.139. The van der Waals surface area contributed by atoms with Crippen molar-refractivity contribution in [1.82, 2.24) is 20.4 Å². The molecule has 0 saturated carbocycles. The molecule has 25 heavy (non-hydrogen) atoms. The fourth-order valence-electron chi connectivity index (χ4n) is 3.62. The molecule has 0 bridgehead atoms. The normalized spacial score (nSPS) is 23.3. The highest BCUT2D eigenvalue weighted by atomic mass is 35.5. The van der Waals surface area contributed by atoms with E-state index < -0.39 is 0 Å². The SMILES string of the molecule is CCCN(C(=O)C1CCCN(C(=O)NCC(C)C)C1)C1CCNC1.Cl. The van der Waals surface area contributed by atoms with E-state index in [0.29, 0.717) is 25.0 Å². The quantitative estimate of drug-likeness (QED) is 0.748. The van der Waals surface area contributed by atoms with Crippen LogP contribution in [-0.2, 0) is 4.79 Å². The summed E-state index contributed by atoms with van der Waals surface area (Å²) in [7, 11) is 0. The second kappa shape index (κ2) is 10.9. The van der Waals surface area contributed by atoms with E-state index in [-0.39, 0.29) is 30.3 Å². The highest BCUT2D eigenvalue weighted by molar-refractivity contribution is 5.85. The van der Waals surface area contributed by atoms with Gasteiger partial charge in [0.2, 0.25) is 5.91 Å². The molecule has 0 spiro atoms. The third-order valence-electron chi connectivity index (χ3n) is 4.94. The molecule has 2 aliphatic rings. The Labute approximate surface area is 158 Å².